The number of rotatable bonds is 4. The lowest BCUT2D eigenvalue weighted by Crippen LogP contribution is -2.27. The van der Waals surface area contributed by atoms with E-state index < -0.39 is 26.6 Å². The van der Waals surface area contributed by atoms with Gasteiger partial charge in [0.05, 0.1) is 0 Å². The zero-order chi connectivity index (χ0) is 13.3. The van der Waals surface area contributed by atoms with Gasteiger partial charge in [0.1, 0.15) is 10.7 Å². The Hall–Kier alpha value is -1.47. The van der Waals surface area contributed by atoms with Crippen molar-refractivity contribution in [1.29, 1.82) is 0 Å². The topological polar surface area (TPSA) is 75.3 Å². The van der Waals surface area contributed by atoms with E-state index in [-0.39, 0.29) is 11.6 Å². The van der Waals surface area contributed by atoms with Crippen molar-refractivity contribution >= 4 is 15.9 Å². The van der Waals surface area contributed by atoms with E-state index in [2.05, 4.69) is 10.0 Å². The van der Waals surface area contributed by atoms with Crippen LogP contribution in [0.4, 0.5) is 4.39 Å². The molecule has 2 rings (SSSR count). The van der Waals surface area contributed by atoms with Crippen LogP contribution in [-0.2, 0) is 10.0 Å². The van der Waals surface area contributed by atoms with Crippen LogP contribution in [0.25, 0.3) is 0 Å². The van der Waals surface area contributed by atoms with E-state index in [0.29, 0.717) is 0 Å². The van der Waals surface area contributed by atoms with Crippen LogP contribution in [-0.4, -0.2) is 27.4 Å². The summed E-state index contributed by atoms with van der Waals surface area (Å²) in [7, 11) is -2.48. The average Bonchev–Trinajstić information content (AvgIpc) is 3.11. The average molecular weight is 272 g/mol. The first kappa shape index (κ1) is 13.0. The van der Waals surface area contributed by atoms with Crippen molar-refractivity contribution in [1.82, 2.24) is 10.0 Å². The van der Waals surface area contributed by atoms with E-state index in [0.717, 1.165) is 25.0 Å². The Morgan fingerprint density at radius 2 is 2.06 bits per heavy atom. The molecule has 18 heavy (non-hydrogen) atoms. The van der Waals surface area contributed by atoms with Gasteiger partial charge in [-0.25, -0.2) is 17.5 Å². The van der Waals surface area contributed by atoms with Crippen molar-refractivity contribution in [2.75, 3.05) is 7.05 Å². The van der Waals surface area contributed by atoms with Crippen LogP contribution < -0.4 is 10.0 Å². The molecule has 0 aromatic heterocycles. The third kappa shape index (κ3) is 2.68. The van der Waals surface area contributed by atoms with Crippen LogP contribution in [0.2, 0.25) is 0 Å². The zero-order valence-electron chi connectivity index (χ0n) is 9.73. The highest BCUT2D eigenvalue weighted by molar-refractivity contribution is 7.89. The van der Waals surface area contributed by atoms with Gasteiger partial charge < -0.3 is 5.32 Å². The lowest BCUT2D eigenvalue weighted by Gasteiger charge is -2.08. The molecule has 1 aromatic rings. The Kier molecular flexibility index (Phi) is 3.36. The molecular weight excluding hydrogens is 259 g/mol. The van der Waals surface area contributed by atoms with Crippen LogP contribution in [0.5, 0.6) is 0 Å². The molecule has 1 fully saturated rings. The van der Waals surface area contributed by atoms with Crippen LogP contribution in [0, 0.1) is 5.82 Å². The van der Waals surface area contributed by atoms with E-state index in [1.165, 1.54) is 13.1 Å². The number of amides is 1. The Balaban J connectivity index is 2.39. The molecule has 0 heterocycles. The monoisotopic (exact) mass is 272 g/mol. The third-order valence-corrected chi connectivity index (χ3v) is 4.14. The number of halogens is 1. The van der Waals surface area contributed by atoms with Crippen molar-refractivity contribution in [3.05, 3.63) is 29.6 Å². The minimum absolute atomic E-state index is 0.107. The molecule has 7 heteroatoms. The Bertz CT molecular complexity index is 582. The van der Waals surface area contributed by atoms with Gasteiger partial charge in [0.2, 0.25) is 10.0 Å². The molecule has 0 bridgehead atoms. The van der Waals surface area contributed by atoms with Gasteiger partial charge in [-0.1, -0.05) is 0 Å². The molecule has 1 aliphatic carbocycles. The molecule has 0 aliphatic heterocycles. The number of sulfonamides is 1. The SMILES string of the molecule is CNC(=O)c1ccc(F)c(S(=O)(=O)NC2CC2)c1. The Morgan fingerprint density at radius 1 is 1.39 bits per heavy atom. The quantitative estimate of drug-likeness (QED) is 0.844. The molecular formula is C11H13FN2O3S. The minimum Gasteiger partial charge on any atom is -0.355 e. The Labute approximate surface area is 104 Å². The molecule has 1 aromatic carbocycles. The lowest BCUT2D eigenvalue weighted by molar-refractivity contribution is 0.0963. The van der Waals surface area contributed by atoms with E-state index in [1.54, 1.807) is 0 Å². The predicted octanol–water partition coefficient (Wildman–Crippen LogP) is 0.626. The standard InChI is InChI=1S/C11H13FN2O3S/c1-13-11(15)7-2-5-9(12)10(6-7)18(16,17)14-8-3-4-8/h2,5-6,8,14H,3-4H2,1H3,(H,13,15). The van der Waals surface area contributed by atoms with Crippen molar-refractivity contribution in [2.45, 2.75) is 23.8 Å². The van der Waals surface area contributed by atoms with Crippen LogP contribution in [0.15, 0.2) is 23.1 Å². The first-order valence-corrected chi connectivity index (χ1v) is 6.96. The molecule has 0 spiro atoms. The molecule has 1 aliphatic rings. The van der Waals surface area contributed by atoms with Crippen molar-refractivity contribution in [2.24, 2.45) is 0 Å². The smallest absolute Gasteiger partial charge is 0.251 e. The summed E-state index contributed by atoms with van der Waals surface area (Å²) in [5.74, 6) is -1.33. The largest absolute Gasteiger partial charge is 0.355 e. The second-order valence-electron chi connectivity index (χ2n) is 4.12. The molecule has 1 saturated carbocycles. The summed E-state index contributed by atoms with van der Waals surface area (Å²) in [4.78, 5) is 10.9. The fourth-order valence-corrected chi connectivity index (χ4v) is 2.89. The van der Waals surface area contributed by atoms with E-state index in [4.69, 9.17) is 0 Å². The first-order valence-electron chi connectivity index (χ1n) is 5.48. The maximum Gasteiger partial charge on any atom is 0.251 e. The molecule has 98 valence electrons. The first-order chi connectivity index (χ1) is 8.44. The summed E-state index contributed by atoms with van der Waals surface area (Å²) < 4.78 is 39.7. The second kappa shape index (κ2) is 4.66. The predicted molar refractivity (Wildman–Crippen MR) is 63.1 cm³/mol. The van der Waals surface area contributed by atoms with E-state index in [1.807, 2.05) is 0 Å². The van der Waals surface area contributed by atoms with Crippen molar-refractivity contribution in [3.63, 3.8) is 0 Å². The van der Waals surface area contributed by atoms with E-state index in [9.17, 15) is 17.6 Å². The van der Waals surface area contributed by atoms with Gasteiger partial charge >= 0.3 is 0 Å². The summed E-state index contributed by atoms with van der Waals surface area (Å²) in [6.07, 6.45) is 1.52. The summed E-state index contributed by atoms with van der Waals surface area (Å²) in [6.45, 7) is 0. The van der Waals surface area contributed by atoms with Crippen LogP contribution in [0.3, 0.4) is 0 Å². The number of benzene rings is 1. The summed E-state index contributed by atoms with van der Waals surface area (Å²) in [6, 6.07) is 3.15. The van der Waals surface area contributed by atoms with Crippen LogP contribution >= 0.6 is 0 Å². The third-order valence-electron chi connectivity index (χ3n) is 2.61. The molecule has 2 N–H and O–H groups in total. The maximum atomic E-state index is 13.6. The molecule has 1 amide bonds. The Morgan fingerprint density at radius 3 is 2.61 bits per heavy atom. The van der Waals surface area contributed by atoms with Gasteiger partial charge in [-0.2, -0.15) is 0 Å². The van der Waals surface area contributed by atoms with Gasteiger partial charge in [0.25, 0.3) is 5.91 Å². The number of carbonyl (C=O) groups is 1. The highest BCUT2D eigenvalue weighted by Gasteiger charge is 2.30. The number of nitrogens with one attached hydrogen (secondary N) is 2. The van der Waals surface area contributed by atoms with Crippen molar-refractivity contribution < 1.29 is 17.6 Å². The second-order valence-corrected chi connectivity index (χ2v) is 5.80. The van der Waals surface area contributed by atoms with Gasteiger partial charge in [-0.05, 0) is 31.0 Å². The maximum absolute atomic E-state index is 13.6. The zero-order valence-corrected chi connectivity index (χ0v) is 10.6. The normalized spacial score (nSPS) is 15.4. The lowest BCUT2D eigenvalue weighted by atomic mass is 10.2. The summed E-state index contributed by atoms with van der Waals surface area (Å²) in [5.41, 5.74) is 0.107. The summed E-state index contributed by atoms with van der Waals surface area (Å²) >= 11 is 0. The van der Waals surface area contributed by atoms with Crippen LogP contribution in [0.1, 0.15) is 23.2 Å². The fourth-order valence-electron chi connectivity index (χ4n) is 1.48. The van der Waals surface area contributed by atoms with Gasteiger partial charge in [0, 0.05) is 18.7 Å². The highest BCUT2D eigenvalue weighted by Crippen LogP contribution is 2.23. The number of carbonyl (C=O) groups excluding carboxylic acids is 1. The van der Waals surface area contributed by atoms with Crippen molar-refractivity contribution in [3.8, 4) is 0 Å². The molecule has 0 radical (unpaired) electrons. The molecule has 0 atom stereocenters. The number of hydrogen-bond donors (Lipinski definition) is 2. The van der Waals surface area contributed by atoms with Gasteiger partial charge in [0.15, 0.2) is 0 Å². The molecule has 0 saturated heterocycles. The highest BCUT2D eigenvalue weighted by atomic mass is 32.2. The fraction of sp³-hybridized carbons (Fsp3) is 0.364. The minimum atomic E-state index is -3.90. The van der Waals surface area contributed by atoms with Gasteiger partial charge in [-0.3, -0.25) is 4.79 Å². The molecule has 5 nitrogen and oxygen atoms in total. The van der Waals surface area contributed by atoms with Gasteiger partial charge in [-0.15, -0.1) is 0 Å². The number of hydrogen-bond acceptors (Lipinski definition) is 3. The van der Waals surface area contributed by atoms with E-state index >= 15 is 0 Å². The summed E-state index contributed by atoms with van der Waals surface area (Å²) in [5, 5.41) is 2.36. The molecule has 0 unspecified atom stereocenters.